The van der Waals surface area contributed by atoms with Gasteiger partial charge in [0.25, 0.3) is 0 Å². The smallest absolute Gasteiger partial charge is 0.123 e. The van der Waals surface area contributed by atoms with Gasteiger partial charge in [0.15, 0.2) is 0 Å². The molecule has 0 radical (unpaired) electrons. The first-order chi connectivity index (χ1) is 8.78. The van der Waals surface area contributed by atoms with Gasteiger partial charge in [-0.3, -0.25) is 0 Å². The fraction of sp³-hybridized carbons (Fsp3) is 0.600. The Balaban J connectivity index is 1.79. The van der Waals surface area contributed by atoms with E-state index < -0.39 is 0 Å². The van der Waals surface area contributed by atoms with Gasteiger partial charge in [-0.25, -0.2) is 4.39 Å². The molecule has 0 bridgehead atoms. The Morgan fingerprint density at radius 1 is 1.33 bits per heavy atom. The van der Waals surface area contributed by atoms with E-state index >= 15 is 0 Å². The van der Waals surface area contributed by atoms with Gasteiger partial charge in [-0.1, -0.05) is 28.1 Å². The van der Waals surface area contributed by atoms with Gasteiger partial charge >= 0.3 is 0 Å². The summed E-state index contributed by atoms with van der Waals surface area (Å²) in [7, 11) is 0. The molecule has 100 valence electrons. The zero-order valence-electron chi connectivity index (χ0n) is 10.6. The summed E-state index contributed by atoms with van der Waals surface area (Å²) in [6, 6.07) is 6.86. The van der Waals surface area contributed by atoms with Crippen LogP contribution in [0, 0.1) is 11.7 Å². The third-order valence-electron chi connectivity index (χ3n) is 3.58. The van der Waals surface area contributed by atoms with E-state index in [1.165, 1.54) is 24.8 Å². The lowest BCUT2D eigenvalue weighted by molar-refractivity contribution is 0.0989. The quantitative estimate of drug-likeness (QED) is 0.710. The standard InChI is InChI=1S/C15H20BrFO/c16-11-13(5-8-15-2-1-9-18-15)10-12-3-6-14(17)7-4-12/h3-4,6-7,13,15H,1-2,5,8-11H2. The average Bonchev–Trinajstić information content (AvgIpc) is 2.90. The minimum Gasteiger partial charge on any atom is -0.378 e. The van der Waals surface area contributed by atoms with Crippen molar-refractivity contribution in [2.24, 2.45) is 5.92 Å². The first kappa shape index (κ1) is 14.0. The lowest BCUT2D eigenvalue weighted by Crippen LogP contribution is -2.12. The molecule has 2 rings (SSSR count). The van der Waals surface area contributed by atoms with Crippen molar-refractivity contribution in [3.63, 3.8) is 0 Å². The Morgan fingerprint density at radius 3 is 2.72 bits per heavy atom. The van der Waals surface area contributed by atoms with Gasteiger partial charge in [-0.15, -0.1) is 0 Å². The third-order valence-corrected chi connectivity index (χ3v) is 4.49. The van der Waals surface area contributed by atoms with Crippen LogP contribution in [0.5, 0.6) is 0 Å². The molecule has 0 amide bonds. The van der Waals surface area contributed by atoms with Crippen molar-refractivity contribution in [3.8, 4) is 0 Å². The number of halogens is 2. The van der Waals surface area contributed by atoms with Gasteiger partial charge in [0, 0.05) is 11.9 Å². The van der Waals surface area contributed by atoms with Crippen molar-refractivity contribution in [2.75, 3.05) is 11.9 Å². The maximum absolute atomic E-state index is 12.8. The van der Waals surface area contributed by atoms with Crippen LogP contribution in [0.4, 0.5) is 4.39 Å². The molecule has 0 aromatic heterocycles. The third kappa shape index (κ3) is 4.36. The van der Waals surface area contributed by atoms with Crippen LogP contribution in [0.25, 0.3) is 0 Å². The van der Waals surface area contributed by atoms with Crippen molar-refractivity contribution in [1.29, 1.82) is 0 Å². The van der Waals surface area contributed by atoms with Crippen LogP contribution in [0.3, 0.4) is 0 Å². The predicted octanol–water partition coefficient (Wildman–Crippen LogP) is 4.34. The molecule has 2 atom stereocenters. The summed E-state index contributed by atoms with van der Waals surface area (Å²) < 4.78 is 18.5. The minimum atomic E-state index is -0.159. The van der Waals surface area contributed by atoms with E-state index in [-0.39, 0.29) is 5.82 Å². The molecule has 0 saturated carbocycles. The highest BCUT2D eigenvalue weighted by Gasteiger charge is 2.17. The van der Waals surface area contributed by atoms with Crippen LogP contribution in [0.15, 0.2) is 24.3 Å². The largest absolute Gasteiger partial charge is 0.378 e. The molecule has 1 aromatic carbocycles. The van der Waals surface area contributed by atoms with E-state index in [0.717, 1.165) is 24.8 Å². The summed E-state index contributed by atoms with van der Waals surface area (Å²) in [5, 5.41) is 0.997. The molecule has 1 heterocycles. The molecule has 1 aliphatic heterocycles. The van der Waals surface area contributed by atoms with Crippen molar-refractivity contribution < 1.29 is 9.13 Å². The molecule has 18 heavy (non-hydrogen) atoms. The summed E-state index contributed by atoms with van der Waals surface area (Å²) in [6.07, 6.45) is 6.23. The highest BCUT2D eigenvalue weighted by Crippen LogP contribution is 2.23. The fourth-order valence-electron chi connectivity index (χ4n) is 2.48. The Morgan fingerprint density at radius 2 is 2.11 bits per heavy atom. The normalized spacial score (nSPS) is 21.1. The number of rotatable bonds is 6. The van der Waals surface area contributed by atoms with Gasteiger partial charge in [-0.2, -0.15) is 0 Å². The molecule has 2 unspecified atom stereocenters. The molecule has 1 aromatic rings. The van der Waals surface area contributed by atoms with Crippen molar-refractivity contribution in [1.82, 2.24) is 0 Å². The summed E-state index contributed by atoms with van der Waals surface area (Å²) in [6.45, 7) is 0.932. The minimum absolute atomic E-state index is 0.159. The molecule has 0 spiro atoms. The molecule has 1 aliphatic rings. The zero-order chi connectivity index (χ0) is 12.8. The second-order valence-corrected chi connectivity index (χ2v) is 5.71. The van der Waals surface area contributed by atoms with E-state index in [1.54, 1.807) is 12.1 Å². The van der Waals surface area contributed by atoms with Gasteiger partial charge in [0.1, 0.15) is 5.82 Å². The summed E-state index contributed by atoms with van der Waals surface area (Å²) in [5.74, 6) is 0.452. The second kappa shape index (κ2) is 7.25. The maximum Gasteiger partial charge on any atom is 0.123 e. The highest BCUT2D eigenvalue weighted by molar-refractivity contribution is 9.09. The maximum atomic E-state index is 12.8. The number of ether oxygens (including phenoxy) is 1. The van der Waals surface area contributed by atoms with Crippen LogP contribution >= 0.6 is 15.9 Å². The molecule has 1 nitrogen and oxygen atoms in total. The fourth-order valence-corrected chi connectivity index (χ4v) is 3.03. The van der Waals surface area contributed by atoms with Gasteiger partial charge in [-0.05, 0) is 55.7 Å². The van der Waals surface area contributed by atoms with Gasteiger partial charge in [0.2, 0.25) is 0 Å². The van der Waals surface area contributed by atoms with Gasteiger partial charge < -0.3 is 4.74 Å². The van der Waals surface area contributed by atoms with E-state index in [4.69, 9.17) is 4.74 Å². The first-order valence-corrected chi connectivity index (χ1v) is 7.82. The summed E-state index contributed by atoms with van der Waals surface area (Å²) >= 11 is 3.58. The summed E-state index contributed by atoms with van der Waals surface area (Å²) in [5.41, 5.74) is 1.22. The van der Waals surface area contributed by atoms with Gasteiger partial charge in [0.05, 0.1) is 6.10 Å². The Labute approximate surface area is 117 Å². The second-order valence-electron chi connectivity index (χ2n) is 5.06. The van der Waals surface area contributed by atoms with Crippen molar-refractivity contribution in [3.05, 3.63) is 35.6 Å². The van der Waals surface area contributed by atoms with Crippen molar-refractivity contribution >= 4 is 15.9 Å². The summed E-state index contributed by atoms with van der Waals surface area (Å²) in [4.78, 5) is 0. The van der Waals surface area contributed by atoms with Crippen LogP contribution < -0.4 is 0 Å². The lowest BCUT2D eigenvalue weighted by Gasteiger charge is -2.16. The van der Waals surface area contributed by atoms with E-state index in [9.17, 15) is 4.39 Å². The zero-order valence-corrected chi connectivity index (χ0v) is 12.2. The Kier molecular flexibility index (Phi) is 5.64. The molecule has 0 N–H and O–H groups in total. The predicted molar refractivity (Wildman–Crippen MR) is 75.6 cm³/mol. The molecular formula is C15H20BrFO. The number of benzene rings is 1. The monoisotopic (exact) mass is 314 g/mol. The van der Waals surface area contributed by atoms with E-state index in [2.05, 4.69) is 15.9 Å². The Bertz CT molecular complexity index is 346. The lowest BCUT2D eigenvalue weighted by atomic mass is 9.95. The van der Waals surface area contributed by atoms with Crippen LogP contribution in [0.2, 0.25) is 0 Å². The topological polar surface area (TPSA) is 9.23 Å². The number of hydrogen-bond donors (Lipinski definition) is 0. The highest BCUT2D eigenvalue weighted by atomic mass is 79.9. The number of hydrogen-bond acceptors (Lipinski definition) is 1. The SMILES string of the molecule is Fc1ccc(CC(CBr)CCC2CCCO2)cc1. The molecule has 1 fully saturated rings. The van der Waals surface area contributed by atoms with Crippen molar-refractivity contribution in [2.45, 2.75) is 38.2 Å². The van der Waals surface area contributed by atoms with Crippen LogP contribution in [-0.2, 0) is 11.2 Å². The molecule has 3 heteroatoms. The van der Waals surface area contributed by atoms with E-state index in [1.807, 2.05) is 12.1 Å². The van der Waals surface area contributed by atoms with Crippen LogP contribution in [0.1, 0.15) is 31.2 Å². The van der Waals surface area contributed by atoms with Crippen LogP contribution in [-0.4, -0.2) is 18.0 Å². The first-order valence-electron chi connectivity index (χ1n) is 6.70. The molecule has 0 aliphatic carbocycles. The van der Waals surface area contributed by atoms with E-state index in [0.29, 0.717) is 12.0 Å². The number of alkyl halides is 1. The molecular weight excluding hydrogens is 295 g/mol. The Hall–Kier alpha value is -0.410. The molecule has 1 saturated heterocycles. The average molecular weight is 315 g/mol.